The highest BCUT2D eigenvalue weighted by Gasteiger charge is 2.28. The fourth-order valence-corrected chi connectivity index (χ4v) is 3.09. The standard InChI is InChI=1S/C14H27N/c1-3-5-7-13-10-12(6-4-2)8-9-14(13)11-15/h3,12-14H,1,4-11,15H2,2H3. The Morgan fingerprint density at radius 3 is 2.67 bits per heavy atom. The van der Waals surface area contributed by atoms with Crippen LogP contribution in [0.15, 0.2) is 12.7 Å². The molecule has 0 aromatic heterocycles. The fraction of sp³-hybridized carbons (Fsp3) is 0.857. The lowest BCUT2D eigenvalue weighted by molar-refractivity contribution is 0.168. The Hall–Kier alpha value is -0.300. The molecule has 1 heteroatoms. The van der Waals surface area contributed by atoms with Crippen LogP contribution in [0.1, 0.15) is 51.9 Å². The second kappa shape index (κ2) is 7.05. The Labute approximate surface area is 95.1 Å². The largest absolute Gasteiger partial charge is 0.330 e. The number of hydrogen-bond donors (Lipinski definition) is 1. The molecule has 0 heterocycles. The summed E-state index contributed by atoms with van der Waals surface area (Å²) in [6.45, 7) is 7.01. The van der Waals surface area contributed by atoms with Gasteiger partial charge in [-0.05, 0) is 50.0 Å². The van der Waals surface area contributed by atoms with Crippen molar-refractivity contribution in [1.29, 1.82) is 0 Å². The van der Waals surface area contributed by atoms with Crippen LogP contribution in [0.5, 0.6) is 0 Å². The lowest BCUT2D eigenvalue weighted by Gasteiger charge is -2.35. The first-order chi connectivity index (χ1) is 7.31. The van der Waals surface area contributed by atoms with Gasteiger partial charge < -0.3 is 5.73 Å². The lowest BCUT2D eigenvalue weighted by atomic mass is 9.71. The van der Waals surface area contributed by atoms with E-state index in [1.807, 2.05) is 0 Å². The van der Waals surface area contributed by atoms with Crippen molar-refractivity contribution >= 4 is 0 Å². The van der Waals surface area contributed by atoms with Gasteiger partial charge in [0.15, 0.2) is 0 Å². The minimum Gasteiger partial charge on any atom is -0.330 e. The van der Waals surface area contributed by atoms with Gasteiger partial charge in [0, 0.05) is 0 Å². The van der Waals surface area contributed by atoms with Gasteiger partial charge >= 0.3 is 0 Å². The van der Waals surface area contributed by atoms with E-state index in [4.69, 9.17) is 5.73 Å². The average molecular weight is 209 g/mol. The van der Waals surface area contributed by atoms with Gasteiger partial charge in [0.1, 0.15) is 0 Å². The zero-order chi connectivity index (χ0) is 11.1. The van der Waals surface area contributed by atoms with E-state index in [2.05, 4.69) is 19.6 Å². The quantitative estimate of drug-likeness (QED) is 0.663. The van der Waals surface area contributed by atoms with Crippen molar-refractivity contribution in [1.82, 2.24) is 0 Å². The van der Waals surface area contributed by atoms with Crippen LogP contribution in [0.25, 0.3) is 0 Å². The summed E-state index contributed by atoms with van der Waals surface area (Å²) < 4.78 is 0. The van der Waals surface area contributed by atoms with Crippen molar-refractivity contribution in [2.75, 3.05) is 6.54 Å². The normalized spacial score (nSPS) is 31.5. The number of allylic oxidation sites excluding steroid dienone is 1. The highest BCUT2D eigenvalue weighted by Crippen LogP contribution is 2.37. The topological polar surface area (TPSA) is 26.0 Å². The van der Waals surface area contributed by atoms with Crippen molar-refractivity contribution in [2.24, 2.45) is 23.5 Å². The molecule has 0 saturated heterocycles. The molecule has 1 aliphatic rings. The molecule has 88 valence electrons. The molecule has 2 N–H and O–H groups in total. The van der Waals surface area contributed by atoms with Crippen molar-refractivity contribution in [3.63, 3.8) is 0 Å². The molecule has 0 aromatic carbocycles. The Bertz CT molecular complexity index is 176. The summed E-state index contributed by atoms with van der Waals surface area (Å²) in [5.74, 6) is 2.64. The Kier molecular flexibility index (Phi) is 6.00. The molecule has 3 unspecified atom stereocenters. The van der Waals surface area contributed by atoms with E-state index in [0.717, 1.165) is 24.3 Å². The minimum atomic E-state index is 0.790. The Morgan fingerprint density at radius 2 is 2.07 bits per heavy atom. The van der Waals surface area contributed by atoms with E-state index in [1.54, 1.807) is 0 Å². The molecule has 0 radical (unpaired) electrons. The first-order valence-electron chi connectivity index (χ1n) is 6.62. The smallest absolute Gasteiger partial charge is 0.00462 e. The molecule has 15 heavy (non-hydrogen) atoms. The highest BCUT2D eigenvalue weighted by molar-refractivity contribution is 4.82. The molecular formula is C14H27N. The average Bonchev–Trinajstić information content (AvgIpc) is 2.27. The summed E-state index contributed by atoms with van der Waals surface area (Å²) in [5.41, 5.74) is 5.86. The molecule has 3 atom stereocenters. The summed E-state index contributed by atoms with van der Waals surface area (Å²) in [6, 6.07) is 0. The second-order valence-corrected chi connectivity index (χ2v) is 5.09. The van der Waals surface area contributed by atoms with Crippen molar-refractivity contribution < 1.29 is 0 Å². The molecule has 0 amide bonds. The van der Waals surface area contributed by atoms with Crippen LogP contribution in [0, 0.1) is 17.8 Å². The lowest BCUT2D eigenvalue weighted by Crippen LogP contribution is -2.30. The number of rotatable bonds is 6. The molecular weight excluding hydrogens is 182 g/mol. The van der Waals surface area contributed by atoms with E-state index in [0.29, 0.717) is 0 Å². The summed E-state index contributed by atoms with van der Waals surface area (Å²) in [7, 11) is 0. The maximum absolute atomic E-state index is 5.86. The fourth-order valence-electron chi connectivity index (χ4n) is 3.09. The molecule has 1 aliphatic carbocycles. The van der Waals surface area contributed by atoms with Crippen LogP contribution < -0.4 is 5.73 Å². The van der Waals surface area contributed by atoms with Crippen LogP contribution in [-0.4, -0.2) is 6.54 Å². The third kappa shape index (κ3) is 3.98. The predicted molar refractivity (Wildman–Crippen MR) is 67.7 cm³/mol. The van der Waals surface area contributed by atoms with E-state index in [-0.39, 0.29) is 0 Å². The van der Waals surface area contributed by atoms with Crippen molar-refractivity contribution in [3.05, 3.63) is 12.7 Å². The molecule has 0 aliphatic heterocycles. The highest BCUT2D eigenvalue weighted by atomic mass is 14.6. The maximum atomic E-state index is 5.86. The van der Waals surface area contributed by atoms with Gasteiger partial charge in [0.05, 0.1) is 0 Å². The minimum absolute atomic E-state index is 0.790. The summed E-state index contributed by atoms with van der Waals surface area (Å²) >= 11 is 0. The molecule has 0 spiro atoms. The van der Waals surface area contributed by atoms with E-state index < -0.39 is 0 Å². The van der Waals surface area contributed by atoms with Gasteiger partial charge in [-0.2, -0.15) is 0 Å². The maximum Gasteiger partial charge on any atom is -0.00462 e. The van der Waals surface area contributed by atoms with Crippen LogP contribution in [-0.2, 0) is 0 Å². The molecule has 1 nitrogen and oxygen atoms in total. The summed E-state index contributed by atoms with van der Waals surface area (Å²) in [4.78, 5) is 0. The van der Waals surface area contributed by atoms with E-state index >= 15 is 0 Å². The number of nitrogens with two attached hydrogens (primary N) is 1. The second-order valence-electron chi connectivity index (χ2n) is 5.09. The zero-order valence-electron chi connectivity index (χ0n) is 10.3. The van der Waals surface area contributed by atoms with Crippen LogP contribution in [0.4, 0.5) is 0 Å². The van der Waals surface area contributed by atoms with Crippen LogP contribution in [0.3, 0.4) is 0 Å². The monoisotopic (exact) mass is 209 g/mol. The van der Waals surface area contributed by atoms with Crippen LogP contribution >= 0.6 is 0 Å². The Balaban J connectivity index is 2.41. The zero-order valence-corrected chi connectivity index (χ0v) is 10.3. The number of hydrogen-bond acceptors (Lipinski definition) is 1. The molecule has 0 aromatic rings. The van der Waals surface area contributed by atoms with Gasteiger partial charge in [-0.25, -0.2) is 0 Å². The predicted octanol–water partition coefficient (Wildman–Crippen LogP) is 3.74. The van der Waals surface area contributed by atoms with Gasteiger partial charge in [-0.1, -0.05) is 32.3 Å². The SMILES string of the molecule is C=CCCC1CC(CCC)CCC1CN. The molecule has 1 fully saturated rings. The third-order valence-corrected chi connectivity index (χ3v) is 3.99. The molecule has 1 saturated carbocycles. The first-order valence-corrected chi connectivity index (χ1v) is 6.62. The molecule has 0 bridgehead atoms. The van der Waals surface area contributed by atoms with Gasteiger partial charge in [-0.15, -0.1) is 6.58 Å². The summed E-state index contributed by atoms with van der Waals surface area (Å²) in [6.07, 6.45) is 11.5. The first kappa shape index (κ1) is 12.8. The summed E-state index contributed by atoms with van der Waals surface area (Å²) in [5, 5.41) is 0. The van der Waals surface area contributed by atoms with E-state index in [1.165, 1.54) is 44.9 Å². The third-order valence-electron chi connectivity index (χ3n) is 3.99. The van der Waals surface area contributed by atoms with Crippen molar-refractivity contribution in [3.8, 4) is 0 Å². The van der Waals surface area contributed by atoms with Gasteiger partial charge in [-0.3, -0.25) is 0 Å². The van der Waals surface area contributed by atoms with Gasteiger partial charge in [0.25, 0.3) is 0 Å². The van der Waals surface area contributed by atoms with Gasteiger partial charge in [0.2, 0.25) is 0 Å². The molecule has 1 rings (SSSR count). The van der Waals surface area contributed by atoms with Crippen LogP contribution in [0.2, 0.25) is 0 Å². The van der Waals surface area contributed by atoms with Crippen molar-refractivity contribution in [2.45, 2.75) is 51.9 Å². The Morgan fingerprint density at radius 1 is 1.27 bits per heavy atom. The van der Waals surface area contributed by atoms with E-state index in [9.17, 15) is 0 Å².